The van der Waals surface area contributed by atoms with Gasteiger partial charge >= 0.3 is 7.60 Å². The van der Waals surface area contributed by atoms with Crippen LogP contribution in [0.5, 0.6) is 0 Å². The van der Waals surface area contributed by atoms with Crippen molar-refractivity contribution in [2.45, 2.75) is 46.0 Å². The Bertz CT molecular complexity index is 287. The monoisotopic (exact) mass is 244 g/mol. The average Bonchev–Trinajstić information content (AvgIpc) is 2.29. The summed E-state index contributed by atoms with van der Waals surface area (Å²) in [5.41, 5.74) is 2.73. The van der Waals surface area contributed by atoms with Crippen LogP contribution >= 0.6 is 7.60 Å². The van der Waals surface area contributed by atoms with Crippen molar-refractivity contribution in [3.63, 3.8) is 0 Å². The first-order valence-corrected chi connectivity index (χ1v) is 7.66. The Morgan fingerprint density at radius 1 is 1.12 bits per heavy atom. The van der Waals surface area contributed by atoms with E-state index in [4.69, 9.17) is 9.05 Å². The van der Waals surface area contributed by atoms with Gasteiger partial charge in [0, 0.05) is 11.6 Å². The zero-order chi connectivity index (χ0) is 11.9. The lowest BCUT2D eigenvalue weighted by Gasteiger charge is -2.16. The molecule has 0 unspecified atom stereocenters. The maximum absolute atomic E-state index is 12.0. The van der Waals surface area contributed by atoms with Crippen molar-refractivity contribution in [1.29, 1.82) is 0 Å². The summed E-state index contributed by atoms with van der Waals surface area (Å²) in [5, 5.41) is 0. The van der Waals surface area contributed by atoms with E-state index in [0.717, 1.165) is 12.8 Å². The molecule has 0 radical (unpaired) electrons. The molecule has 0 saturated heterocycles. The molecule has 0 heterocycles. The largest absolute Gasteiger partial charge is 0.405 e. The van der Waals surface area contributed by atoms with Crippen molar-refractivity contribution >= 4 is 7.60 Å². The molecule has 1 aliphatic carbocycles. The second-order valence-corrected chi connectivity index (χ2v) is 5.66. The minimum Gasteiger partial charge on any atom is -0.300 e. The summed E-state index contributed by atoms with van der Waals surface area (Å²) in [6, 6.07) is 0. The minimum absolute atomic E-state index is 0.372. The van der Waals surface area contributed by atoms with Crippen molar-refractivity contribution in [3.8, 4) is 11.6 Å². The summed E-state index contributed by atoms with van der Waals surface area (Å²) in [4.78, 5) is 0. The molecule has 0 aromatic carbocycles. The Kier molecular flexibility index (Phi) is 6.13. The van der Waals surface area contributed by atoms with Gasteiger partial charge in [0.2, 0.25) is 0 Å². The molecule has 16 heavy (non-hydrogen) atoms. The maximum atomic E-state index is 12.0. The van der Waals surface area contributed by atoms with Crippen LogP contribution in [0.25, 0.3) is 0 Å². The van der Waals surface area contributed by atoms with Crippen LogP contribution in [0.15, 0.2) is 0 Å². The summed E-state index contributed by atoms with van der Waals surface area (Å²) < 4.78 is 22.3. The van der Waals surface area contributed by atoms with E-state index in [1.54, 1.807) is 13.8 Å². The van der Waals surface area contributed by atoms with E-state index in [2.05, 4.69) is 11.6 Å². The number of hydrogen-bond acceptors (Lipinski definition) is 3. The van der Waals surface area contributed by atoms with E-state index in [1.807, 2.05) is 0 Å². The highest BCUT2D eigenvalue weighted by Crippen LogP contribution is 2.46. The van der Waals surface area contributed by atoms with E-state index < -0.39 is 7.60 Å². The van der Waals surface area contributed by atoms with E-state index in [1.165, 1.54) is 19.3 Å². The van der Waals surface area contributed by atoms with Gasteiger partial charge in [0.1, 0.15) is 0 Å². The van der Waals surface area contributed by atoms with Crippen LogP contribution < -0.4 is 0 Å². The molecule has 0 aromatic rings. The molecule has 1 fully saturated rings. The first-order chi connectivity index (χ1) is 7.70. The van der Waals surface area contributed by atoms with Crippen LogP contribution in [0.3, 0.4) is 0 Å². The van der Waals surface area contributed by atoms with Gasteiger partial charge in [-0.25, -0.2) is 4.57 Å². The molecule has 0 bridgehead atoms. The minimum atomic E-state index is -3.15. The quantitative estimate of drug-likeness (QED) is 0.557. The number of hydrogen-bond donors (Lipinski definition) is 0. The van der Waals surface area contributed by atoms with Crippen molar-refractivity contribution in [3.05, 3.63) is 0 Å². The normalized spacial score (nSPS) is 17.9. The predicted octanol–water partition coefficient (Wildman–Crippen LogP) is 3.79. The van der Waals surface area contributed by atoms with Gasteiger partial charge in [-0.3, -0.25) is 9.05 Å². The Morgan fingerprint density at radius 2 is 1.69 bits per heavy atom. The van der Waals surface area contributed by atoms with Gasteiger partial charge in [-0.05, 0) is 26.7 Å². The number of rotatable bonds is 4. The maximum Gasteiger partial charge on any atom is 0.405 e. The van der Waals surface area contributed by atoms with Crippen LogP contribution in [0.4, 0.5) is 0 Å². The Balaban J connectivity index is 2.58. The van der Waals surface area contributed by atoms with Gasteiger partial charge in [0.25, 0.3) is 0 Å². The summed E-state index contributed by atoms with van der Waals surface area (Å²) in [5.74, 6) is 3.45. The molecule has 0 aliphatic heterocycles. The molecule has 0 amide bonds. The van der Waals surface area contributed by atoms with Crippen LogP contribution in [0.2, 0.25) is 0 Å². The van der Waals surface area contributed by atoms with Crippen LogP contribution in [0.1, 0.15) is 46.0 Å². The molecule has 0 aromatic heterocycles. The highest BCUT2D eigenvalue weighted by Gasteiger charge is 2.20. The van der Waals surface area contributed by atoms with Crippen molar-refractivity contribution in [2.75, 3.05) is 13.2 Å². The second kappa shape index (κ2) is 7.12. The SMILES string of the molecule is CCOP(=O)(C#CC1CCCCC1)OCC. The second-order valence-electron chi connectivity index (χ2n) is 3.92. The molecule has 3 nitrogen and oxygen atoms in total. The van der Waals surface area contributed by atoms with Gasteiger partial charge in [-0.2, -0.15) is 0 Å². The fraction of sp³-hybridized carbons (Fsp3) is 0.833. The first-order valence-electron chi connectivity index (χ1n) is 6.12. The van der Waals surface area contributed by atoms with E-state index in [9.17, 15) is 4.57 Å². The predicted molar refractivity (Wildman–Crippen MR) is 65.2 cm³/mol. The third kappa shape index (κ3) is 4.70. The highest BCUT2D eigenvalue weighted by molar-refractivity contribution is 7.59. The lowest BCUT2D eigenvalue weighted by Crippen LogP contribution is -2.03. The van der Waals surface area contributed by atoms with E-state index in [0.29, 0.717) is 19.1 Å². The van der Waals surface area contributed by atoms with Crippen LogP contribution in [-0.4, -0.2) is 13.2 Å². The molecule has 1 aliphatic rings. The zero-order valence-electron chi connectivity index (χ0n) is 10.2. The summed E-state index contributed by atoms with van der Waals surface area (Å²) in [6.07, 6.45) is 5.99. The van der Waals surface area contributed by atoms with Gasteiger partial charge < -0.3 is 0 Å². The molecule has 1 rings (SSSR count). The van der Waals surface area contributed by atoms with Crippen LogP contribution in [0, 0.1) is 17.5 Å². The van der Waals surface area contributed by atoms with E-state index in [-0.39, 0.29) is 0 Å². The standard InChI is InChI=1S/C12H21O3P/c1-3-14-16(13,15-4-2)11-10-12-8-6-5-7-9-12/h12H,3-9H2,1-2H3. The molecular formula is C12H21O3P. The topological polar surface area (TPSA) is 35.5 Å². The summed E-state index contributed by atoms with van der Waals surface area (Å²) in [7, 11) is -3.15. The molecule has 0 spiro atoms. The molecule has 0 N–H and O–H groups in total. The Labute approximate surface area is 98.4 Å². The van der Waals surface area contributed by atoms with Gasteiger partial charge in [-0.15, -0.1) is 0 Å². The Hall–Kier alpha value is -0.290. The lowest BCUT2D eigenvalue weighted by atomic mass is 9.90. The average molecular weight is 244 g/mol. The summed E-state index contributed by atoms with van der Waals surface area (Å²) >= 11 is 0. The van der Waals surface area contributed by atoms with Crippen molar-refractivity contribution < 1.29 is 13.6 Å². The molecule has 4 heteroatoms. The zero-order valence-corrected chi connectivity index (χ0v) is 11.1. The lowest BCUT2D eigenvalue weighted by molar-refractivity contribution is 0.230. The molecule has 1 saturated carbocycles. The van der Waals surface area contributed by atoms with Gasteiger partial charge in [-0.1, -0.05) is 25.2 Å². The molecule has 0 atom stereocenters. The fourth-order valence-electron chi connectivity index (χ4n) is 1.86. The molecular weight excluding hydrogens is 223 g/mol. The highest BCUT2D eigenvalue weighted by atomic mass is 31.2. The van der Waals surface area contributed by atoms with Crippen molar-refractivity contribution in [1.82, 2.24) is 0 Å². The first kappa shape index (κ1) is 13.8. The smallest absolute Gasteiger partial charge is 0.300 e. The van der Waals surface area contributed by atoms with Gasteiger partial charge in [0.05, 0.1) is 13.2 Å². The molecule has 92 valence electrons. The third-order valence-corrected chi connectivity index (χ3v) is 4.21. The van der Waals surface area contributed by atoms with Gasteiger partial charge in [0.15, 0.2) is 0 Å². The van der Waals surface area contributed by atoms with Crippen molar-refractivity contribution in [2.24, 2.45) is 5.92 Å². The fourth-order valence-corrected chi connectivity index (χ4v) is 3.08. The Morgan fingerprint density at radius 3 is 2.19 bits per heavy atom. The third-order valence-electron chi connectivity index (χ3n) is 2.61. The van der Waals surface area contributed by atoms with E-state index >= 15 is 0 Å². The summed E-state index contributed by atoms with van der Waals surface area (Å²) in [6.45, 7) is 4.34. The van der Waals surface area contributed by atoms with Crippen LogP contribution in [-0.2, 0) is 13.6 Å².